The molecule has 1 aliphatic heterocycles. The number of aliphatic imine (C=N–C) groups is 1. The Kier molecular flexibility index (Phi) is 8.78. The van der Waals surface area contributed by atoms with Crippen LogP contribution >= 0.6 is 23.4 Å². The molecule has 1 N–H and O–H groups in total. The Morgan fingerprint density at radius 1 is 1.17 bits per heavy atom. The number of rotatable bonds is 7. The van der Waals surface area contributed by atoms with E-state index >= 15 is 0 Å². The number of benzene rings is 1. The summed E-state index contributed by atoms with van der Waals surface area (Å²) in [6, 6.07) is 8.17. The maximum absolute atomic E-state index is 5.95. The molecule has 0 atom stereocenters. The Morgan fingerprint density at radius 2 is 1.88 bits per heavy atom. The van der Waals surface area contributed by atoms with Crippen LogP contribution in [-0.2, 0) is 6.54 Å². The van der Waals surface area contributed by atoms with Crippen molar-refractivity contribution in [3.63, 3.8) is 0 Å². The van der Waals surface area contributed by atoms with Crippen LogP contribution in [0.25, 0.3) is 0 Å². The fourth-order valence-corrected chi connectivity index (χ4v) is 3.49. The van der Waals surface area contributed by atoms with Gasteiger partial charge in [-0.25, -0.2) is 0 Å². The molecule has 4 nitrogen and oxygen atoms in total. The summed E-state index contributed by atoms with van der Waals surface area (Å²) in [7, 11) is 1.88. The first-order chi connectivity index (χ1) is 11.7. The SMILES string of the molecule is CN=C(NCCCCSC)N1CCN(Cc2ccc(Cl)cc2)CC1. The van der Waals surface area contributed by atoms with Gasteiger partial charge in [0.25, 0.3) is 0 Å². The fraction of sp³-hybridized carbons (Fsp3) is 0.611. The average Bonchev–Trinajstić information content (AvgIpc) is 2.61. The predicted octanol–water partition coefficient (Wildman–Crippen LogP) is 3.18. The van der Waals surface area contributed by atoms with E-state index in [4.69, 9.17) is 11.6 Å². The van der Waals surface area contributed by atoms with Crippen LogP contribution in [0, 0.1) is 0 Å². The number of hydrogen-bond donors (Lipinski definition) is 1. The minimum absolute atomic E-state index is 0.802. The molecule has 0 aliphatic carbocycles. The van der Waals surface area contributed by atoms with Crippen LogP contribution in [0.4, 0.5) is 0 Å². The Labute approximate surface area is 155 Å². The predicted molar refractivity (Wildman–Crippen MR) is 107 cm³/mol. The van der Waals surface area contributed by atoms with Crippen molar-refractivity contribution in [2.24, 2.45) is 4.99 Å². The molecule has 0 unspecified atom stereocenters. The molecule has 6 heteroatoms. The second-order valence-electron chi connectivity index (χ2n) is 6.06. The fourth-order valence-electron chi connectivity index (χ4n) is 2.87. The van der Waals surface area contributed by atoms with Crippen LogP contribution in [0.15, 0.2) is 29.3 Å². The minimum atomic E-state index is 0.802. The molecule has 1 heterocycles. The molecular weight excluding hydrogens is 340 g/mol. The molecule has 1 aromatic rings. The number of nitrogens with one attached hydrogen (secondary N) is 1. The highest BCUT2D eigenvalue weighted by Gasteiger charge is 2.19. The molecule has 0 spiro atoms. The molecule has 1 aromatic carbocycles. The first-order valence-electron chi connectivity index (χ1n) is 8.64. The number of nitrogens with zero attached hydrogens (tertiary/aromatic N) is 3. The lowest BCUT2D eigenvalue weighted by Gasteiger charge is -2.36. The number of thioether (sulfide) groups is 1. The van der Waals surface area contributed by atoms with Crippen molar-refractivity contribution in [3.05, 3.63) is 34.9 Å². The summed E-state index contributed by atoms with van der Waals surface area (Å²) in [6.45, 7) is 6.19. The normalized spacial score (nSPS) is 16.5. The second-order valence-corrected chi connectivity index (χ2v) is 7.49. The minimum Gasteiger partial charge on any atom is -0.356 e. The van der Waals surface area contributed by atoms with Crippen LogP contribution in [-0.4, -0.2) is 67.5 Å². The van der Waals surface area contributed by atoms with E-state index in [2.05, 4.69) is 38.5 Å². The van der Waals surface area contributed by atoms with Crippen LogP contribution in [0.2, 0.25) is 5.02 Å². The molecule has 0 amide bonds. The molecular formula is C18H29ClN4S. The van der Waals surface area contributed by atoms with Gasteiger partial charge in [0.05, 0.1) is 0 Å². The molecule has 0 saturated carbocycles. The zero-order valence-corrected chi connectivity index (χ0v) is 16.4. The molecule has 1 saturated heterocycles. The van der Waals surface area contributed by atoms with Gasteiger partial charge < -0.3 is 10.2 Å². The van der Waals surface area contributed by atoms with Crippen molar-refractivity contribution < 1.29 is 0 Å². The molecule has 1 fully saturated rings. The van der Waals surface area contributed by atoms with Gasteiger partial charge in [0.15, 0.2) is 5.96 Å². The Balaban J connectivity index is 1.71. The van der Waals surface area contributed by atoms with E-state index < -0.39 is 0 Å². The summed E-state index contributed by atoms with van der Waals surface area (Å²) < 4.78 is 0. The molecule has 2 rings (SSSR count). The summed E-state index contributed by atoms with van der Waals surface area (Å²) in [6.07, 6.45) is 4.63. The largest absolute Gasteiger partial charge is 0.356 e. The highest BCUT2D eigenvalue weighted by Crippen LogP contribution is 2.13. The Morgan fingerprint density at radius 3 is 2.50 bits per heavy atom. The average molecular weight is 369 g/mol. The van der Waals surface area contributed by atoms with Gasteiger partial charge in [0.1, 0.15) is 0 Å². The van der Waals surface area contributed by atoms with Gasteiger partial charge in [-0.2, -0.15) is 11.8 Å². The lowest BCUT2D eigenvalue weighted by molar-refractivity contribution is 0.172. The highest BCUT2D eigenvalue weighted by atomic mass is 35.5. The van der Waals surface area contributed by atoms with Gasteiger partial charge in [-0.15, -0.1) is 0 Å². The van der Waals surface area contributed by atoms with Gasteiger partial charge >= 0.3 is 0 Å². The molecule has 134 valence electrons. The summed E-state index contributed by atoms with van der Waals surface area (Å²) in [5.74, 6) is 2.29. The van der Waals surface area contributed by atoms with Crippen molar-refractivity contribution in [2.75, 3.05) is 51.8 Å². The van der Waals surface area contributed by atoms with Crippen molar-refractivity contribution in [1.82, 2.24) is 15.1 Å². The third kappa shape index (κ3) is 6.54. The van der Waals surface area contributed by atoms with Crippen LogP contribution in [0.5, 0.6) is 0 Å². The first-order valence-corrected chi connectivity index (χ1v) is 10.4. The van der Waals surface area contributed by atoms with Gasteiger partial charge in [0.2, 0.25) is 0 Å². The summed E-state index contributed by atoms with van der Waals surface area (Å²) in [5.41, 5.74) is 1.32. The van der Waals surface area contributed by atoms with Crippen molar-refractivity contribution in [2.45, 2.75) is 19.4 Å². The zero-order valence-electron chi connectivity index (χ0n) is 14.8. The number of hydrogen-bond acceptors (Lipinski definition) is 3. The maximum atomic E-state index is 5.95. The van der Waals surface area contributed by atoms with Crippen molar-refractivity contribution >= 4 is 29.3 Å². The molecule has 0 bridgehead atoms. The van der Waals surface area contributed by atoms with E-state index in [1.807, 2.05) is 30.9 Å². The quantitative estimate of drug-likeness (QED) is 0.455. The number of halogens is 1. The van der Waals surface area contributed by atoms with Crippen LogP contribution in [0.1, 0.15) is 18.4 Å². The monoisotopic (exact) mass is 368 g/mol. The van der Waals surface area contributed by atoms with Gasteiger partial charge in [-0.05, 0) is 42.5 Å². The second kappa shape index (κ2) is 10.9. The van der Waals surface area contributed by atoms with Crippen LogP contribution in [0.3, 0.4) is 0 Å². The van der Waals surface area contributed by atoms with Gasteiger partial charge in [-0.3, -0.25) is 9.89 Å². The smallest absolute Gasteiger partial charge is 0.193 e. The van der Waals surface area contributed by atoms with E-state index in [0.717, 1.165) is 50.3 Å². The third-order valence-electron chi connectivity index (χ3n) is 4.26. The Bertz CT molecular complexity index is 498. The number of piperazine rings is 1. The van der Waals surface area contributed by atoms with E-state index in [0.29, 0.717) is 0 Å². The lowest BCUT2D eigenvalue weighted by Crippen LogP contribution is -2.52. The zero-order chi connectivity index (χ0) is 17.2. The van der Waals surface area contributed by atoms with Crippen LogP contribution < -0.4 is 5.32 Å². The van der Waals surface area contributed by atoms with Gasteiger partial charge in [0, 0.05) is 51.3 Å². The number of unbranched alkanes of at least 4 members (excludes halogenated alkanes) is 1. The standard InChI is InChI=1S/C18H29ClN4S/c1-20-18(21-9-3-4-14-24-2)23-12-10-22(11-13-23)15-16-5-7-17(19)8-6-16/h5-8H,3-4,9-15H2,1-2H3,(H,20,21). The van der Waals surface area contributed by atoms with Crippen molar-refractivity contribution in [1.29, 1.82) is 0 Å². The maximum Gasteiger partial charge on any atom is 0.193 e. The van der Waals surface area contributed by atoms with Gasteiger partial charge in [-0.1, -0.05) is 23.7 Å². The molecule has 0 radical (unpaired) electrons. The lowest BCUT2D eigenvalue weighted by atomic mass is 10.2. The molecule has 1 aliphatic rings. The Hall–Kier alpha value is -0.910. The van der Waals surface area contributed by atoms with E-state index in [9.17, 15) is 0 Å². The summed E-state index contributed by atoms with van der Waals surface area (Å²) in [5, 5.41) is 4.30. The molecule has 24 heavy (non-hydrogen) atoms. The number of guanidine groups is 1. The van der Waals surface area contributed by atoms with Crippen molar-refractivity contribution in [3.8, 4) is 0 Å². The molecule has 0 aromatic heterocycles. The van der Waals surface area contributed by atoms with E-state index in [1.165, 1.54) is 24.2 Å². The topological polar surface area (TPSA) is 30.9 Å². The highest BCUT2D eigenvalue weighted by molar-refractivity contribution is 7.98. The summed E-state index contributed by atoms with van der Waals surface area (Å²) in [4.78, 5) is 9.30. The van der Waals surface area contributed by atoms with E-state index in [-0.39, 0.29) is 0 Å². The summed E-state index contributed by atoms with van der Waals surface area (Å²) >= 11 is 7.87. The van der Waals surface area contributed by atoms with E-state index in [1.54, 1.807) is 0 Å². The third-order valence-corrected chi connectivity index (χ3v) is 5.21. The first kappa shape index (κ1) is 19.4.